The van der Waals surface area contributed by atoms with Crippen molar-refractivity contribution in [3.05, 3.63) is 47.8 Å². The number of nitrogens with zero attached hydrogens (tertiary/aromatic N) is 2. The molecule has 23 heavy (non-hydrogen) atoms. The first-order chi connectivity index (χ1) is 10.8. The Hall–Kier alpha value is -2.39. The van der Waals surface area contributed by atoms with Gasteiger partial charge in [0.1, 0.15) is 5.69 Å². The smallest absolute Gasteiger partial charge is 0.356 e. The minimum atomic E-state index is -3.83. The van der Waals surface area contributed by atoms with Crippen LogP contribution in [0.2, 0.25) is 0 Å². The predicted molar refractivity (Wildman–Crippen MR) is 83.8 cm³/mol. The number of carboxylic acid groups (broad SMARTS) is 1. The SMILES string of the molecule is COC(CS(=O)(=O)Nc1cnn(C)c1C(=O)O)c1ccccc1. The van der Waals surface area contributed by atoms with E-state index in [1.807, 2.05) is 6.07 Å². The first kappa shape index (κ1) is 17.0. The van der Waals surface area contributed by atoms with Crippen LogP contribution in [-0.4, -0.2) is 42.1 Å². The summed E-state index contributed by atoms with van der Waals surface area (Å²) in [5.74, 6) is -1.62. The Labute approximate surface area is 133 Å². The Morgan fingerprint density at radius 1 is 1.39 bits per heavy atom. The fourth-order valence-electron chi connectivity index (χ4n) is 2.14. The maximum absolute atomic E-state index is 12.3. The van der Waals surface area contributed by atoms with E-state index in [0.717, 1.165) is 10.9 Å². The molecule has 2 aromatic rings. The number of anilines is 1. The molecule has 0 radical (unpaired) electrons. The number of carbonyl (C=O) groups is 1. The summed E-state index contributed by atoms with van der Waals surface area (Å²) in [6, 6.07) is 8.90. The van der Waals surface area contributed by atoms with Gasteiger partial charge >= 0.3 is 5.97 Å². The highest BCUT2D eigenvalue weighted by molar-refractivity contribution is 7.92. The second-order valence-electron chi connectivity index (χ2n) is 4.85. The summed E-state index contributed by atoms with van der Waals surface area (Å²) in [4.78, 5) is 11.2. The lowest BCUT2D eigenvalue weighted by Crippen LogP contribution is -2.23. The lowest BCUT2D eigenvalue weighted by Gasteiger charge is -2.16. The summed E-state index contributed by atoms with van der Waals surface area (Å²) in [6.07, 6.45) is 0.490. The molecule has 1 heterocycles. The molecule has 1 unspecified atom stereocenters. The van der Waals surface area contributed by atoms with Crippen molar-refractivity contribution in [1.29, 1.82) is 0 Å². The lowest BCUT2D eigenvalue weighted by atomic mass is 10.1. The van der Waals surface area contributed by atoms with E-state index in [4.69, 9.17) is 9.84 Å². The van der Waals surface area contributed by atoms with Gasteiger partial charge in [0.25, 0.3) is 0 Å². The first-order valence-electron chi connectivity index (χ1n) is 6.67. The van der Waals surface area contributed by atoms with Gasteiger partial charge in [-0.15, -0.1) is 0 Å². The van der Waals surface area contributed by atoms with Gasteiger partial charge in [0.15, 0.2) is 5.69 Å². The van der Waals surface area contributed by atoms with Crippen LogP contribution in [0.25, 0.3) is 0 Å². The molecule has 2 rings (SSSR count). The average molecular weight is 339 g/mol. The number of ether oxygens (including phenoxy) is 1. The van der Waals surface area contributed by atoms with Gasteiger partial charge < -0.3 is 9.84 Å². The van der Waals surface area contributed by atoms with Crippen molar-refractivity contribution in [2.75, 3.05) is 17.6 Å². The van der Waals surface area contributed by atoms with Crippen molar-refractivity contribution in [1.82, 2.24) is 9.78 Å². The Balaban J connectivity index is 2.21. The van der Waals surface area contributed by atoms with Crippen LogP contribution in [0.15, 0.2) is 36.5 Å². The zero-order valence-corrected chi connectivity index (χ0v) is 13.4. The largest absolute Gasteiger partial charge is 0.476 e. The van der Waals surface area contributed by atoms with E-state index >= 15 is 0 Å². The molecule has 124 valence electrons. The van der Waals surface area contributed by atoms with Crippen LogP contribution in [0.1, 0.15) is 22.2 Å². The Morgan fingerprint density at radius 2 is 2.04 bits per heavy atom. The van der Waals surface area contributed by atoms with Crippen LogP contribution in [0.4, 0.5) is 5.69 Å². The van der Waals surface area contributed by atoms with E-state index < -0.39 is 22.1 Å². The molecule has 9 heteroatoms. The second kappa shape index (κ2) is 6.80. The normalized spacial score (nSPS) is 12.8. The third-order valence-electron chi connectivity index (χ3n) is 3.23. The molecule has 0 aliphatic rings. The van der Waals surface area contributed by atoms with Gasteiger partial charge in [-0.1, -0.05) is 30.3 Å². The topological polar surface area (TPSA) is 111 Å². The molecule has 1 aromatic heterocycles. The van der Waals surface area contributed by atoms with Crippen LogP contribution in [0.5, 0.6) is 0 Å². The predicted octanol–water partition coefficient (Wildman–Crippen LogP) is 1.25. The molecule has 0 aliphatic heterocycles. The average Bonchev–Trinajstić information content (AvgIpc) is 2.85. The third kappa shape index (κ3) is 4.08. The molecular formula is C14H17N3O5S. The third-order valence-corrected chi connectivity index (χ3v) is 4.51. The highest BCUT2D eigenvalue weighted by atomic mass is 32.2. The van der Waals surface area contributed by atoms with E-state index in [1.54, 1.807) is 24.3 Å². The van der Waals surface area contributed by atoms with Gasteiger partial charge in [-0.2, -0.15) is 5.10 Å². The number of aromatic carboxylic acids is 1. The summed E-state index contributed by atoms with van der Waals surface area (Å²) >= 11 is 0. The Kier molecular flexibility index (Phi) is 5.02. The maximum atomic E-state index is 12.3. The van der Waals surface area contributed by atoms with Gasteiger partial charge in [0.2, 0.25) is 10.0 Å². The van der Waals surface area contributed by atoms with E-state index in [9.17, 15) is 13.2 Å². The lowest BCUT2D eigenvalue weighted by molar-refractivity contribution is 0.0686. The summed E-state index contributed by atoms with van der Waals surface area (Å²) in [6.45, 7) is 0. The van der Waals surface area contributed by atoms with Crippen molar-refractivity contribution in [3.63, 3.8) is 0 Å². The van der Waals surface area contributed by atoms with Gasteiger partial charge in [-0.25, -0.2) is 13.2 Å². The monoisotopic (exact) mass is 339 g/mol. The summed E-state index contributed by atoms with van der Waals surface area (Å²) in [5.41, 5.74) is 0.398. The molecule has 1 atom stereocenters. The summed E-state index contributed by atoms with van der Waals surface area (Å²) in [5, 5.41) is 12.9. The number of aryl methyl sites for hydroxylation is 1. The molecule has 0 amide bonds. The number of benzene rings is 1. The molecule has 0 saturated heterocycles. The van der Waals surface area contributed by atoms with Crippen molar-refractivity contribution < 1.29 is 23.1 Å². The summed E-state index contributed by atoms with van der Waals surface area (Å²) in [7, 11) is -0.992. The van der Waals surface area contributed by atoms with Crippen LogP contribution < -0.4 is 4.72 Å². The molecule has 2 N–H and O–H groups in total. The standard InChI is InChI=1S/C14H17N3O5S/c1-17-13(14(18)19)11(8-15-17)16-23(20,21)9-12(22-2)10-6-4-3-5-7-10/h3-8,12,16H,9H2,1-2H3,(H,18,19). The minimum absolute atomic E-state index is 0.0806. The number of hydrogen-bond acceptors (Lipinski definition) is 5. The molecular weight excluding hydrogens is 322 g/mol. The second-order valence-corrected chi connectivity index (χ2v) is 6.62. The number of hydrogen-bond donors (Lipinski definition) is 2. The van der Waals surface area contributed by atoms with Gasteiger partial charge in [0.05, 0.1) is 18.1 Å². The maximum Gasteiger partial charge on any atom is 0.356 e. The van der Waals surface area contributed by atoms with Gasteiger partial charge in [0, 0.05) is 14.2 Å². The Morgan fingerprint density at radius 3 is 2.61 bits per heavy atom. The fraction of sp³-hybridized carbons (Fsp3) is 0.286. The van der Waals surface area contributed by atoms with Gasteiger partial charge in [-0.3, -0.25) is 9.40 Å². The number of nitrogens with one attached hydrogen (secondary N) is 1. The highest BCUT2D eigenvalue weighted by Gasteiger charge is 2.24. The van der Waals surface area contributed by atoms with E-state index in [-0.39, 0.29) is 17.1 Å². The molecule has 8 nitrogen and oxygen atoms in total. The molecule has 0 spiro atoms. The van der Waals surface area contributed by atoms with Crippen LogP contribution in [0.3, 0.4) is 0 Å². The van der Waals surface area contributed by atoms with Crippen molar-refractivity contribution >= 4 is 21.7 Å². The zero-order valence-electron chi connectivity index (χ0n) is 12.6. The van der Waals surface area contributed by atoms with Crippen LogP contribution in [-0.2, 0) is 21.8 Å². The first-order valence-corrected chi connectivity index (χ1v) is 8.33. The van der Waals surface area contributed by atoms with E-state index in [2.05, 4.69) is 9.82 Å². The zero-order chi connectivity index (χ0) is 17.0. The van der Waals surface area contributed by atoms with Crippen LogP contribution in [0, 0.1) is 0 Å². The molecule has 0 bridgehead atoms. The molecule has 0 aliphatic carbocycles. The number of sulfonamides is 1. The summed E-state index contributed by atoms with van der Waals surface area (Å²) < 4.78 is 33.2. The molecule has 1 aromatic carbocycles. The van der Waals surface area contributed by atoms with Crippen molar-refractivity contribution in [2.24, 2.45) is 7.05 Å². The molecule has 0 fully saturated rings. The minimum Gasteiger partial charge on any atom is -0.476 e. The van der Waals surface area contributed by atoms with Crippen molar-refractivity contribution in [2.45, 2.75) is 6.10 Å². The van der Waals surface area contributed by atoms with Crippen LogP contribution >= 0.6 is 0 Å². The fourth-order valence-corrected chi connectivity index (χ4v) is 3.44. The molecule has 0 saturated carbocycles. The van der Waals surface area contributed by atoms with E-state index in [1.165, 1.54) is 14.2 Å². The highest BCUT2D eigenvalue weighted by Crippen LogP contribution is 2.21. The quantitative estimate of drug-likeness (QED) is 0.785. The van der Waals surface area contributed by atoms with Crippen molar-refractivity contribution in [3.8, 4) is 0 Å². The number of methoxy groups -OCH3 is 1. The Bertz CT molecular complexity index is 786. The number of carboxylic acids is 1. The number of rotatable bonds is 7. The van der Waals surface area contributed by atoms with Gasteiger partial charge in [-0.05, 0) is 5.56 Å². The van der Waals surface area contributed by atoms with E-state index in [0.29, 0.717) is 5.56 Å². The number of aromatic nitrogens is 2.